The van der Waals surface area contributed by atoms with Crippen LogP contribution in [0.1, 0.15) is 45.4 Å². The zero-order valence-electron chi connectivity index (χ0n) is 9.87. The Morgan fingerprint density at radius 1 is 1.31 bits per heavy atom. The average molecular weight is 230 g/mol. The molecule has 0 fully saturated rings. The van der Waals surface area contributed by atoms with Crippen LogP contribution in [-0.4, -0.2) is 29.6 Å². The summed E-state index contributed by atoms with van der Waals surface area (Å²) in [4.78, 5) is 21.3. The number of hydrogen-bond donors (Lipinski definition) is 3. The van der Waals surface area contributed by atoms with Gasteiger partial charge in [-0.25, -0.2) is 0 Å². The Labute approximate surface area is 96.4 Å². The fourth-order valence-corrected chi connectivity index (χ4v) is 1.42. The Hall–Kier alpha value is -1.10. The molecule has 0 aromatic rings. The Morgan fingerprint density at radius 2 is 2.00 bits per heavy atom. The van der Waals surface area contributed by atoms with E-state index in [1.165, 1.54) is 0 Å². The molecule has 0 spiro atoms. The molecule has 0 aromatic heterocycles. The van der Waals surface area contributed by atoms with Crippen molar-refractivity contribution in [2.45, 2.75) is 51.5 Å². The van der Waals surface area contributed by atoms with Crippen molar-refractivity contribution in [3.05, 3.63) is 0 Å². The maximum Gasteiger partial charge on any atom is 0.320 e. The fraction of sp³-hybridized carbons (Fsp3) is 0.818. The third kappa shape index (κ3) is 8.23. The molecule has 0 bridgehead atoms. The second-order valence-electron chi connectivity index (χ2n) is 3.91. The number of aliphatic carboxylic acids is 1. The largest absolute Gasteiger partial charge is 0.480 e. The van der Waals surface area contributed by atoms with E-state index in [0.717, 1.165) is 19.3 Å². The van der Waals surface area contributed by atoms with Crippen LogP contribution < -0.4 is 11.1 Å². The number of carbonyl (C=O) groups excluding carboxylic acids is 1. The number of nitrogens with one attached hydrogen (secondary N) is 1. The van der Waals surface area contributed by atoms with Crippen LogP contribution >= 0.6 is 0 Å². The van der Waals surface area contributed by atoms with Crippen LogP contribution in [0.3, 0.4) is 0 Å². The van der Waals surface area contributed by atoms with Crippen LogP contribution in [0.15, 0.2) is 0 Å². The molecule has 4 N–H and O–H groups in total. The van der Waals surface area contributed by atoms with Gasteiger partial charge in [-0.3, -0.25) is 9.59 Å². The lowest BCUT2D eigenvalue weighted by molar-refractivity contribution is -0.139. The SMILES string of the molecule is CCCCC(NCCCCC(N)=O)C(=O)O. The molecular weight excluding hydrogens is 208 g/mol. The molecule has 1 amide bonds. The number of primary amides is 1. The van der Waals surface area contributed by atoms with Crippen LogP contribution in [0.4, 0.5) is 0 Å². The highest BCUT2D eigenvalue weighted by Crippen LogP contribution is 2.01. The summed E-state index contributed by atoms with van der Waals surface area (Å²) in [5, 5.41) is 11.9. The minimum Gasteiger partial charge on any atom is -0.480 e. The van der Waals surface area contributed by atoms with Gasteiger partial charge in [0.15, 0.2) is 0 Å². The Kier molecular flexibility index (Phi) is 8.52. The van der Waals surface area contributed by atoms with Crippen LogP contribution in [-0.2, 0) is 9.59 Å². The lowest BCUT2D eigenvalue weighted by Gasteiger charge is -2.13. The number of unbranched alkanes of at least 4 members (excludes halogenated alkanes) is 2. The van der Waals surface area contributed by atoms with Crippen molar-refractivity contribution in [2.24, 2.45) is 5.73 Å². The number of nitrogens with two attached hydrogens (primary N) is 1. The van der Waals surface area contributed by atoms with E-state index in [4.69, 9.17) is 10.8 Å². The molecule has 0 saturated carbocycles. The van der Waals surface area contributed by atoms with Gasteiger partial charge in [-0.05, 0) is 25.8 Å². The van der Waals surface area contributed by atoms with Gasteiger partial charge in [0, 0.05) is 6.42 Å². The zero-order chi connectivity index (χ0) is 12.4. The van der Waals surface area contributed by atoms with Crippen molar-refractivity contribution in [3.8, 4) is 0 Å². The molecule has 5 nitrogen and oxygen atoms in total. The van der Waals surface area contributed by atoms with E-state index in [2.05, 4.69) is 5.32 Å². The van der Waals surface area contributed by atoms with Crippen molar-refractivity contribution in [2.75, 3.05) is 6.54 Å². The first-order chi connectivity index (χ1) is 7.57. The van der Waals surface area contributed by atoms with Crippen molar-refractivity contribution in [3.63, 3.8) is 0 Å². The Bertz CT molecular complexity index is 219. The van der Waals surface area contributed by atoms with E-state index in [0.29, 0.717) is 25.8 Å². The summed E-state index contributed by atoms with van der Waals surface area (Å²) >= 11 is 0. The van der Waals surface area contributed by atoms with E-state index >= 15 is 0 Å². The fourth-order valence-electron chi connectivity index (χ4n) is 1.42. The summed E-state index contributed by atoms with van der Waals surface area (Å²) in [7, 11) is 0. The normalized spacial score (nSPS) is 12.3. The molecular formula is C11H22N2O3. The van der Waals surface area contributed by atoms with Gasteiger partial charge in [-0.15, -0.1) is 0 Å². The quantitative estimate of drug-likeness (QED) is 0.486. The molecule has 0 aliphatic heterocycles. The highest BCUT2D eigenvalue weighted by atomic mass is 16.4. The molecule has 0 aliphatic rings. The maximum absolute atomic E-state index is 10.8. The second kappa shape index (κ2) is 9.15. The molecule has 0 rings (SSSR count). The van der Waals surface area contributed by atoms with Crippen LogP contribution in [0, 0.1) is 0 Å². The Balaban J connectivity index is 3.60. The lowest BCUT2D eigenvalue weighted by Crippen LogP contribution is -2.37. The predicted octanol–water partition coefficient (Wildman–Crippen LogP) is 0.875. The van der Waals surface area contributed by atoms with Gasteiger partial charge >= 0.3 is 5.97 Å². The molecule has 0 radical (unpaired) electrons. The molecule has 0 heterocycles. The standard InChI is InChI=1S/C11H22N2O3/c1-2-3-6-9(11(15)16)13-8-5-4-7-10(12)14/h9,13H,2-8H2,1H3,(H2,12,14)(H,15,16). The monoisotopic (exact) mass is 230 g/mol. The van der Waals surface area contributed by atoms with Gasteiger partial charge in [0.05, 0.1) is 0 Å². The number of rotatable bonds is 10. The molecule has 0 saturated heterocycles. The number of carboxylic acids is 1. The van der Waals surface area contributed by atoms with Crippen LogP contribution in [0.25, 0.3) is 0 Å². The van der Waals surface area contributed by atoms with Crippen molar-refractivity contribution in [1.82, 2.24) is 5.32 Å². The van der Waals surface area contributed by atoms with Crippen molar-refractivity contribution < 1.29 is 14.7 Å². The van der Waals surface area contributed by atoms with Crippen LogP contribution in [0.5, 0.6) is 0 Å². The van der Waals surface area contributed by atoms with Gasteiger partial charge in [0.2, 0.25) is 5.91 Å². The van der Waals surface area contributed by atoms with Crippen molar-refractivity contribution in [1.29, 1.82) is 0 Å². The third-order valence-corrected chi connectivity index (χ3v) is 2.39. The predicted molar refractivity (Wildman–Crippen MR) is 62.0 cm³/mol. The lowest BCUT2D eigenvalue weighted by atomic mass is 10.1. The first kappa shape index (κ1) is 14.9. The van der Waals surface area contributed by atoms with E-state index < -0.39 is 12.0 Å². The molecule has 1 atom stereocenters. The summed E-state index contributed by atoms with van der Waals surface area (Å²) in [6, 6.07) is -0.464. The third-order valence-electron chi connectivity index (χ3n) is 2.39. The molecule has 5 heteroatoms. The number of hydrogen-bond acceptors (Lipinski definition) is 3. The minimum atomic E-state index is -0.802. The Morgan fingerprint density at radius 3 is 2.50 bits per heavy atom. The number of amides is 1. The maximum atomic E-state index is 10.8. The van der Waals surface area contributed by atoms with Gasteiger partial charge in [-0.2, -0.15) is 0 Å². The molecule has 94 valence electrons. The summed E-state index contributed by atoms with van der Waals surface area (Å²) < 4.78 is 0. The highest BCUT2D eigenvalue weighted by molar-refractivity contribution is 5.73. The van der Waals surface area contributed by atoms with E-state index in [1.807, 2.05) is 6.92 Å². The smallest absolute Gasteiger partial charge is 0.320 e. The summed E-state index contributed by atoms with van der Waals surface area (Å²) in [5.74, 6) is -1.11. The zero-order valence-corrected chi connectivity index (χ0v) is 9.87. The van der Waals surface area contributed by atoms with Gasteiger partial charge < -0.3 is 16.2 Å². The molecule has 0 aromatic carbocycles. The van der Waals surface area contributed by atoms with E-state index in [9.17, 15) is 9.59 Å². The van der Waals surface area contributed by atoms with Crippen molar-refractivity contribution >= 4 is 11.9 Å². The van der Waals surface area contributed by atoms with Gasteiger partial charge in [0.1, 0.15) is 6.04 Å². The second-order valence-corrected chi connectivity index (χ2v) is 3.91. The van der Waals surface area contributed by atoms with E-state index in [-0.39, 0.29) is 5.91 Å². The first-order valence-electron chi connectivity index (χ1n) is 5.82. The van der Waals surface area contributed by atoms with Gasteiger partial charge in [0.25, 0.3) is 0 Å². The summed E-state index contributed by atoms with van der Waals surface area (Å²) in [6.45, 7) is 2.65. The first-order valence-corrected chi connectivity index (χ1v) is 5.82. The minimum absolute atomic E-state index is 0.305. The summed E-state index contributed by atoms with van der Waals surface area (Å²) in [5.41, 5.74) is 4.99. The average Bonchev–Trinajstić information content (AvgIpc) is 2.21. The molecule has 16 heavy (non-hydrogen) atoms. The molecule has 1 unspecified atom stereocenters. The number of carboxylic acid groups (broad SMARTS) is 1. The van der Waals surface area contributed by atoms with E-state index in [1.54, 1.807) is 0 Å². The molecule has 0 aliphatic carbocycles. The topological polar surface area (TPSA) is 92.4 Å². The number of carbonyl (C=O) groups is 2. The van der Waals surface area contributed by atoms with Crippen LogP contribution in [0.2, 0.25) is 0 Å². The highest BCUT2D eigenvalue weighted by Gasteiger charge is 2.14. The summed E-state index contributed by atoms with van der Waals surface area (Å²) in [6.07, 6.45) is 4.41. The van der Waals surface area contributed by atoms with Gasteiger partial charge in [-0.1, -0.05) is 19.8 Å².